The molecular weight excluding hydrogens is 290 g/mol. The molecule has 2 heterocycles. The molecule has 0 unspecified atom stereocenters. The summed E-state index contributed by atoms with van der Waals surface area (Å²) in [6.45, 7) is 7.68. The summed E-state index contributed by atoms with van der Waals surface area (Å²) in [7, 11) is 1.76. The van der Waals surface area contributed by atoms with Crippen molar-refractivity contribution < 1.29 is 14.3 Å². The molecule has 0 radical (unpaired) electrons. The van der Waals surface area contributed by atoms with Crippen molar-refractivity contribution in [3.8, 4) is 5.75 Å². The predicted octanol–water partition coefficient (Wildman–Crippen LogP) is 2.76. The van der Waals surface area contributed by atoms with E-state index in [4.69, 9.17) is 9.47 Å². The van der Waals surface area contributed by atoms with Crippen LogP contribution >= 0.6 is 0 Å². The number of amides is 1. The number of rotatable bonds is 3. The molecule has 2 atom stereocenters. The normalized spacial score (nSPS) is 30.4. The van der Waals surface area contributed by atoms with Crippen molar-refractivity contribution in [2.75, 3.05) is 33.4 Å². The van der Waals surface area contributed by atoms with Crippen molar-refractivity contribution in [2.24, 2.45) is 16.7 Å². The lowest BCUT2D eigenvalue weighted by molar-refractivity contribution is -0.107. The van der Waals surface area contributed by atoms with Crippen LogP contribution in [0.1, 0.15) is 36.2 Å². The van der Waals surface area contributed by atoms with E-state index in [9.17, 15) is 4.79 Å². The van der Waals surface area contributed by atoms with Gasteiger partial charge >= 0.3 is 0 Å². The molecule has 124 valence electrons. The number of likely N-dealkylation sites (tertiary alicyclic amines) is 1. The Morgan fingerprint density at radius 1 is 1.43 bits per heavy atom. The number of carbonyl (C=O) groups excluding carboxylic acids is 1. The predicted molar refractivity (Wildman–Crippen MR) is 87.7 cm³/mol. The Morgan fingerprint density at radius 3 is 3.00 bits per heavy atom. The fourth-order valence-electron chi connectivity index (χ4n) is 5.32. The van der Waals surface area contributed by atoms with Gasteiger partial charge in [-0.1, -0.05) is 26.0 Å². The summed E-state index contributed by atoms with van der Waals surface area (Å²) in [5.41, 5.74) is 2.33. The molecule has 4 rings (SSSR count). The van der Waals surface area contributed by atoms with Crippen LogP contribution in [0.5, 0.6) is 5.75 Å². The van der Waals surface area contributed by atoms with E-state index in [1.54, 1.807) is 7.11 Å². The first-order valence-corrected chi connectivity index (χ1v) is 8.50. The molecule has 1 saturated heterocycles. The topological polar surface area (TPSA) is 38.8 Å². The van der Waals surface area contributed by atoms with E-state index in [-0.39, 0.29) is 11.3 Å². The third kappa shape index (κ3) is 2.11. The fourth-order valence-corrected chi connectivity index (χ4v) is 5.32. The van der Waals surface area contributed by atoms with E-state index >= 15 is 0 Å². The van der Waals surface area contributed by atoms with Gasteiger partial charge in [-0.15, -0.1) is 0 Å². The molecule has 1 amide bonds. The third-order valence-corrected chi connectivity index (χ3v) is 6.06. The molecule has 4 heteroatoms. The number of fused-ring (bicyclic) bond motifs is 2. The van der Waals surface area contributed by atoms with Gasteiger partial charge in [0, 0.05) is 32.0 Å². The van der Waals surface area contributed by atoms with Crippen LogP contribution in [0.25, 0.3) is 0 Å². The largest absolute Gasteiger partial charge is 0.492 e. The molecule has 4 nitrogen and oxygen atoms in total. The van der Waals surface area contributed by atoms with E-state index in [1.807, 2.05) is 17.0 Å². The van der Waals surface area contributed by atoms with Gasteiger partial charge in [0.25, 0.3) is 5.91 Å². The van der Waals surface area contributed by atoms with Crippen LogP contribution in [0.3, 0.4) is 0 Å². The third-order valence-electron chi connectivity index (χ3n) is 6.06. The van der Waals surface area contributed by atoms with Crippen molar-refractivity contribution >= 4 is 5.91 Å². The summed E-state index contributed by atoms with van der Waals surface area (Å²) in [6.07, 6.45) is 2.03. The van der Waals surface area contributed by atoms with Crippen LogP contribution in [0.4, 0.5) is 0 Å². The van der Waals surface area contributed by atoms with Crippen LogP contribution in [-0.2, 0) is 11.2 Å². The molecule has 3 aliphatic rings. The molecule has 1 aliphatic carbocycles. The molecule has 2 aliphatic heterocycles. The standard InChI is InChI=1S/C19H25NO3/c1-18(2)10-19(12-22-3)11-20(9-15(18)19)17(21)14-6-4-5-13-7-8-23-16(13)14/h4-6,15H,7-12H2,1-3H3/t15-,19-/m1/s1. The maximum Gasteiger partial charge on any atom is 0.257 e. The van der Waals surface area contributed by atoms with Crippen LogP contribution < -0.4 is 4.74 Å². The minimum atomic E-state index is 0.115. The minimum absolute atomic E-state index is 0.115. The minimum Gasteiger partial charge on any atom is -0.492 e. The molecule has 1 saturated carbocycles. The molecular formula is C19H25NO3. The van der Waals surface area contributed by atoms with Gasteiger partial charge in [-0.2, -0.15) is 0 Å². The van der Waals surface area contributed by atoms with Crippen molar-refractivity contribution in [3.63, 3.8) is 0 Å². The summed E-state index contributed by atoms with van der Waals surface area (Å²) >= 11 is 0. The number of hydrogen-bond acceptors (Lipinski definition) is 3. The molecule has 0 aromatic heterocycles. The van der Waals surface area contributed by atoms with E-state index in [1.165, 1.54) is 0 Å². The zero-order chi connectivity index (χ0) is 16.2. The first kappa shape index (κ1) is 15.0. The highest BCUT2D eigenvalue weighted by atomic mass is 16.5. The monoisotopic (exact) mass is 315 g/mol. The molecule has 1 aromatic carbocycles. The van der Waals surface area contributed by atoms with E-state index in [0.717, 1.165) is 49.4 Å². The first-order chi connectivity index (χ1) is 11.0. The smallest absolute Gasteiger partial charge is 0.257 e. The Kier molecular flexibility index (Phi) is 3.24. The van der Waals surface area contributed by atoms with Crippen molar-refractivity contribution in [1.82, 2.24) is 4.90 Å². The Balaban J connectivity index is 1.60. The second-order valence-electron chi connectivity index (χ2n) is 8.09. The number of para-hydroxylation sites is 1. The first-order valence-electron chi connectivity index (χ1n) is 8.50. The molecule has 0 spiro atoms. The average Bonchev–Trinajstić information content (AvgIpc) is 3.09. The Bertz CT molecular complexity index is 654. The van der Waals surface area contributed by atoms with Gasteiger partial charge in [0.1, 0.15) is 5.75 Å². The number of ether oxygens (including phenoxy) is 2. The maximum atomic E-state index is 13.1. The lowest BCUT2D eigenvalue weighted by atomic mass is 9.48. The SMILES string of the molecule is COC[C@@]12CN(C(=O)c3cccc4c3OCC4)C[C@@H]1C(C)(C)C2. The summed E-state index contributed by atoms with van der Waals surface area (Å²) in [6, 6.07) is 5.93. The lowest BCUT2D eigenvalue weighted by Crippen LogP contribution is -2.55. The second kappa shape index (κ2) is 4.97. The van der Waals surface area contributed by atoms with Gasteiger partial charge < -0.3 is 14.4 Å². The van der Waals surface area contributed by atoms with Gasteiger partial charge in [-0.05, 0) is 29.4 Å². The average molecular weight is 315 g/mol. The number of nitrogens with zero attached hydrogens (tertiary/aromatic N) is 1. The van der Waals surface area contributed by atoms with Gasteiger partial charge in [-0.25, -0.2) is 0 Å². The quantitative estimate of drug-likeness (QED) is 0.861. The molecule has 2 fully saturated rings. The lowest BCUT2D eigenvalue weighted by Gasteiger charge is -2.56. The summed E-state index contributed by atoms with van der Waals surface area (Å²) in [5, 5.41) is 0. The summed E-state index contributed by atoms with van der Waals surface area (Å²) in [5.74, 6) is 1.44. The van der Waals surface area contributed by atoms with Gasteiger partial charge in [-0.3, -0.25) is 4.79 Å². The highest BCUT2D eigenvalue weighted by Gasteiger charge is 2.63. The van der Waals surface area contributed by atoms with E-state index in [2.05, 4.69) is 19.9 Å². The van der Waals surface area contributed by atoms with E-state index in [0.29, 0.717) is 17.9 Å². The zero-order valence-electron chi connectivity index (χ0n) is 14.2. The Hall–Kier alpha value is -1.55. The molecule has 0 bridgehead atoms. The number of carbonyl (C=O) groups is 1. The highest BCUT2D eigenvalue weighted by molar-refractivity contribution is 5.97. The highest BCUT2D eigenvalue weighted by Crippen LogP contribution is 2.62. The second-order valence-corrected chi connectivity index (χ2v) is 8.09. The van der Waals surface area contributed by atoms with Crippen LogP contribution in [-0.4, -0.2) is 44.2 Å². The van der Waals surface area contributed by atoms with Gasteiger partial charge in [0.05, 0.1) is 18.8 Å². The van der Waals surface area contributed by atoms with Crippen molar-refractivity contribution in [3.05, 3.63) is 29.3 Å². The van der Waals surface area contributed by atoms with Gasteiger partial charge in [0.15, 0.2) is 0 Å². The Labute approximate surface area is 137 Å². The van der Waals surface area contributed by atoms with Crippen LogP contribution in [0.15, 0.2) is 18.2 Å². The van der Waals surface area contributed by atoms with Crippen LogP contribution in [0, 0.1) is 16.7 Å². The zero-order valence-corrected chi connectivity index (χ0v) is 14.2. The summed E-state index contributed by atoms with van der Waals surface area (Å²) < 4.78 is 11.2. The number of benzene rings is 1. The maximum absolute atomic E-state index is 13.1. The number of hydrogen-bond donors (Lipinski definition) is 0. The number of methoxy groups -OCH3 is 1. The molecule has 0 N–H and O–H groups in total. The van der Waals surface area contributed by atoms with Crippen molar-refractivity contribution in [1.29, 1.82) is 0 Å². The fraction of sp³-hybridized carbons (Fsp3) is 0.632. The molecule has 1 aromatic rings. The van der Waals surface area contributed by atoms with E-state index < -0.39 is 0 Å². The van der Waals surface area contributed by atoms with Crippen LogP contribution in [0.2, 0.25) is 0 Å². The molecule has 23 heavy (non-hydrogen) atoms. The van der Waals surface area contributed by atoms with Crippen molar-refractivity contribution in [2.45, 2.75) is 26.7 Å². The van der Waals surface area contributed by atoms with Gasteiger partial charge in [0.2, 0.25) is 0 Å². The Morgan fingerprint density at radius 2 is 2.26 bits per heavy atom. The summed E-state index contributed by atoms with van der Waals surface area (Å²) in [4.78, 5) is 15.1.